The quantitative estimate of drug-likeness (QED) is 0.0108. The summed E-state index contributed by atoms with van der Waals surface area (Å²) in [6.45, 7) is 15.6. The number of carboxylic acids is 1. The van der Waals surface area contributed by atoms with E-state index in [4.69, 9.17) is 28.3 Å². The molecule has 3 heterocycles. The van der Waals surface area contributed by atoms with Gasteiger partial charge in [0.1, 0.15) is 102 Å². The first-order chi connectivity index (χ1) is 65.0. The maximum absolute atomic E-state index is 14.9. The molecule has 2 saturated heterocycles. The first-order valence-corrected chi connectivity index (χ1v) is 46.5. The van der Waals surface area contributed by atoms with Gasteiger partial charge in [-0.25, -0.2) is 4.98 Å². The van der Waals surface area contributed by atoms with Gasteiger partial charge in [-0.15, -0.1) is 0 Å². The molecule has 5 rings (SSSR count). The minimum absolute atomic E-state index is 0.00252. The summed E-state index contributed by atoms with van der Waals surface area (Å²) in [6.07, 6.45) is -0.0407. The molecule has 764 valence electrons. The number of nitrogens with one attached hydrogen (secondary N) is 17. The van der Waals surface area contributed by atoms with Gasteiger partial charge in [0.05, 0.1) is 38.0 Å². The van der Waals surface area contributed by atoms with E-state index < -0.39 is 270 Å². The van der Waals surface area contributed by atoms with E-state index in [0.29, 0.717) is 36.1 Å². The number of hydrogen-bond donors (Lipinski definition) is 27. The number of nitrogens with zero attached hydrogens (tertiary/aromatic N) is 3. The number of guanidine groups is 1. The highest BCUT2D eigenvalue weighted by Crippen LogP contribution is 2.27. The molecule has 2 fully saturated rings. The summed E-state index contributed by atoms with van der Waals surface area (Å²) < 4.78 is 0. The van der Waals surface area contributed by atoms with Crippen LogP contribution in [-0.2, 0) is 110 Å². The number of carbonyl (C=O) groups excluding carboxylic acids is 18. The number of rotatable bonds is 57. The third-order valence-electron chi connectivity index (χ3n) is 23.1. The summed E-state index contributed by atoms with van der Waals surface area (Å²) in [4.78, 5) is 274. The Morgan fingerprint density at radius 1 is 0.500 bits per heavy atom. The molecule has 1 aromatic heterocycles. The summed E-state index contributed by atoms with van der Waals surface area (Å²) in [5, 5.41) is 96.5. The Kier molecular flexibility index (Phi) is 47.1. The Morgan fingerprint density at radius 2 is 0.942 bits per heavy atom. The molecule has 48 nitrogen and oxygen atoms in total. The molecular formula is C89H138N24O24S. The molecule has 0 spiro atoms. The van der Waals surface area contributed by atoms with Crippen LogP contribution in [0.3, 0.4) is 0 Å². The summed E-state index contributed by atoms with van der Waals surface area (Å²) >= 11 is 4.38. The first kappa shape index (κ1) is 115. The lowest BCUT2D eigenvalue weighted by Crippen LogP contribution is -2.62. The third-order valence-corrected chi connectivity index (χ3v) is 23.4. The molecular weight excluding hydrogens is 1820 g/mol. The third kappa shape index (κ3) is 37.3. The second-order valence-electron chi connectivity index (χ2n) is 36.0. The van der Waals surface area contributed by atoms with E-state index in [-0.39, 0.29) is 108 Å². The maximum atomic E-state index is 14.9. The predicted molar refractivity (Wildman–Crippen MR) is 501 cm³/mol. The van der Waals surface area contributed by atoms with Gasteiger partial charge >= 0.3 is 5.97 Å². The van der Waals surface area contributed by atoms with E-state index in [0.717, 1.165) is 6.92 Å². The van der Waals surface area contributed by atoms with Crippen LogP contribution in [0.1, 0.15) is 170 Å². The van der Waals surface area contributed by atoms with Crippen molar-refractivity contribution in [2.75, 3.05) is 38.5 Å². The zero-order valence-electron chi connectivity index (χ0n) is 79.4. The highest BCUT2D eigenvalue weighted by atomic mass is 32.1. The number of benzene rings is 2. The van der Waals surface area contributed by atoms with Crippen LogP contribution in [0.5, 0.6) is 11.5 Å². The maximum Gasteiger partial charge on any atom is 0.305 e. The normalized spacial score (nSPS) is 17.0. The van der Waals surface area contributed by atoms with Crippen molar-refractivity contribution in [3.8, 4) is 11.5 Å². The molecule has 0 saturated carbocycles. The van der Waals surface area contributed by atoms with Gasteiger partial charge in [-0.05, 0) is 130 Å². The summed E-state index contributed by atoms with van der Waals surface area (Å²) in [7, 11) is 0. The Balaban J connectivity index is 1.32. The second-order valence-corrected chi connectivity index (χ2v) is 36.4. The van der Waals surface area contributed by atoms with E-state index in [2.05, 4.69) is 102 Å². The molecule has 3 aromatic rings. The highest BCUT2D eigenvalue weighted by Gasteiger charge is 2.46. The Labute approximate surface area is 804 Å². The standard InChI is InChI=1S/C89H138N24O24S/c1-12-47(10)71(85(134)103-59(35-50-21-25-53(117)26-22-50)80(129)105-61(36-51-38-95-42-98-51)87(136)113-31-15-18-65(113)88(137)112-30-14-17-64(112)73(92)122)110-83(132)69(45(6)7)109-82(131)63(41-138)107-76(125)55(16-13-29-96-89(93)94)101-79(128)58(34-49-19-23-52(116)24-20-49)102-78(127)57(33-44(4)5)99-67(119)39-97-75(124)62(40-114)106-81(130)60(37-68(120)121)104-86(135)72(48(11)115)111-84(133)70(46(8)9)108-77(126)56(27-28-66(91)118)100-74(123)54(90)32-43(2)3/h19-26,38,42-48,54-65,69-72,114-117,138H,12-18,27-37,39-41,90H2,1-11H3,(H2,91,118)(H2,92,122)(H,95,98)(H,97,124)(H,99,119)(H,100,123)(H,101,128)(H,102,127)(H,103,134)(H,104,135)(H,105,129)(H,106,130)(H,107,125)(H,108,126)(H,109,131)(H,110,132)(H,111,133)(H,120,121)(H4,93,94,96)/t47-,48+,54-,55-,56-,57-,58-,59-,60-,61-,62+,63-,64+,65+,69+,70-,71-,72-/m0/s1. The van der Waals surface area contributed by atoms with Crippen molar-refractivity contribution in [3.63, 3.8) is 0 Å². The molecule has 138 heavy (non-hydrogen) atoms. The average Bonchev–Trinajstić information content (AvgIpc) is 1.65. The van der Waals surface area contributed by atoms with Crippen molar-refractivity contribution in [3.05, 3.63) is 77.9 Å². The SMILES string of the molecule is CC[C@H](C)[C@H](NC(=O)[C@H](NC(=O)[C@H](CS)NC(=O)[C@H](CCCNC(=N)N)NC(=O)[C@H](Cc1ccc(O)cc1)NC(=O)[C@H](CC(C)C)NC(=O)CNC(=O)[C@@H](CO)NC(=O)[C@H](CC(=O)O)NC(=O)[C@@H](NC(=O)[C@@H](NC(=O)[C@H](CCC(N)=O)NC(=O)[C@@H](N)CC(C)C)C(C)C)[C@@H](C)O)C(C)C)C(=O)N[C@@H](Cc1ccc(O)cc1)C(=O)N[C@@H](Cc1cnc[nH]1)C(=O)N1CCC[C@@H]1C(=O)N1CCC[C@@H]1C(N)=O. The van der Waals surface area contributed by atoms with Crippen molar-refractivity contribution in [2.24, 2.45) is 52.5 Å². The number of hydrogen-bond acceptors (Lipinski definition) is 27. The van der Waals surface area contributed by atoms with Crippen molar-refractivity contribution < 1.29 is 117 Å². The number of carboxylic acid groups (broad SMARTS) is 1. The fourth-order valence-electron chi connectivity index (χ4n) is 15.3. The van der Waals surface area contributed by atoms with E-state index >= 15 is 0 Å². The lowest BCUT2D eigenvalue weighted by molar-refractivity contribution is -0.147. The van der Waals surface area contributed by atoms with Gasteiger partial charge in [0, 0.05) is 63.0 Å². The van der Waals surface area contributed by atoms with Crippen LogP contribution in [0.15, 0.2) is 61.1 Å². The number of thiol groups is 1. The molecule has 2 aliphatic heterocycles. The summed E-state index contributed by atoms with van der Waals surface area (Å²) in [6, 6.07) is -13.0. The van der Waals surface area contributed by atoms with Crippen LogP contribution < -0.4 is 103 Å². The predicted octanol–water partition coefficient (Wildman–Crippen LogP) is -6.18. The Hall–Kier alpha value is -13.3. The number of H-pyrrole nitrogens is 1. The summed E-state index contributed by atoms with van der Waals surface area (Å²) in [5.74, 6) is -22.9. The Morgan fingerprint density at radius 3 is 1.43 bits per heavy atom. The van der Waals surface area contributed by atoms with E-state index in [1.54, 1.807) is 55.4 Å². The zero-order valence-corrected chi connectivity index (χ0v) is 80.3. The van der Waals surface area contributed by atoms with E-state index in [9.17, 15) is 117 Å². The molecule has 0 radical (unpaired) electrons. The summed E-state index contributed by atoms with van der Waals surface area (Å²) in [5.41, 5.74) is 23.8. The molecule has 0 aliphatic carbocycles. The second kappa shape index (κ2) is 56.4. The van der Waals surface area contributed by atoms with Crippen molar-refractivity contribution in [1.29, 1.82) is 5.41 Å². The van der Waals surface area contributed by atoms with Gasteiger partial charge in [-0.3, -0.25) is 96.5 Å². The number of aromatic hydroxyl groups is 2. The monoisotopic (exact) mass is 1960 g/mol. The number of amides is 18. The molecule has 0 unspecified atom stereocenters. The lowest BCUT2D eigenvalue weighted by atomic mass is 9.95. The number of phenolic OH excluding ortho intramolecular Hbond substituents is 2. The van der Waals surface area contributed by atoms with Crippen molar-refractivity contribution in [2.45, 2.75) is 275 Å². The fourth-order valence-corrected chi connectivity index (χ4v) is 15.5. The van der Waals surface area contributed by atoms with Gasteiger partial charge in [-0.2, -0.15) is 12.6 Å². The van der Waals surface area contributed by atoms with Crippen LogP contribution in [0.2, 0.25) is 0 Å². The highest BCUT2D eigenvalue weighted by molar-refractivity contribution is 7.80. The van der Waals surface area contributed by atoms with Crippen LogP contribution in [0.25, 0.3) is 0 Å². The lowest BCUT2D eigenvalue weighted by Gasteiger charge is -2.33. The minimum Gasteiger partial charge on any atom is -0.508 e. The number of aliphatic carboxylic acids is 1. The van der Waals surface area contributed by atoms with Gasteiger partial charge in [0.15, 0.2) is 5.96 Å². The number of primary amides is 2. The Bertz CT molecular complexity index is 4700. The van der Waals surface area contributed by atoms with Crippen LogP contribution in [0.4, 0.5) is 0 Å². The number of carbonyl (C=O) groups is 19. The van der Waals surface area contributed by atoms with Crippen LogP contribution in [0, 0.1) is 35.0 Å². The number of imidazole rings is 1. The zero-order chi connectivity index (χ0) is 103. The van der Waals surface area contributed by atoms with E-state index in [1.165, 1.54) is 84.7 Å². The largest absolute Gasteiger partial charge is 0.508 e. The van der Waals surface area contributed by atoms with Crippen LogP contribution in [-0.4, -0.2) is 305 Å². The smallest absolute Gasteiger partial charge is 0.305 e. The van der Waals surface area contributed by atoms with Gasteiger partial charge in [0.2, 0.25) is 106 Å². The van der Waals surface area contributed by atoms with Gasteiger partial charge < -0.3 is 143 Å². The number of nitrogens with two attached hydrogens (primary N) is 4. The molecule has 18 atom stereocenters. The number of aromatic amines is 1. The number of aromatic nitrogens is 2. The van der Waals surface area contributed by atoms with Crippen molar-refractivity contribution >= 4 is 131 Å². The van der Waals surface area contributed by atoms with E-state index in [1.807, 2.05) is 0 Å². The first-order valence-electron chi connectivity index (χ1n) is 45.9. The molecule has 2 aromatic carbocycles. The molecule has 18 amide bonds. The number of aliphatic hydroxyl groups excluding tert-OH is 2. The molecule has 30 N–H and O–H groups in total. The van der Waals surface area contributed by atoms with Gasteiger partial charge in [0.25, 0.3) is 0 Å². The minimum atomic E-state index is -2.12. The topological polar surface area (TPSA) is 769 Å². The van der Waals surface area contributed by atoms with Gasteiger partial charge in [-0.1, -0.05) is 99.9 Å². The molecule has 0 bridgehead atoms. The van der Waals surface area contributed by atoms with Crippen molar-refractivity contribution in [1.82, 2.24) is 99.5 Å². The molecule has 2 aliphatic rings. The number of likely N-dealkylation sites (tertiary alicyclic amines) is 2. The fraction of sp³-hybridized carbons (Fsp3) is 0.607. The number of phenols is 2. The van der Waals surface area contributed by atoms with Crippen LogP contribution >= 0.6 is 12.6 Å². The number of aliphatic hydroxyl groups is 2. The molecule has 49 heteroatoms. The average molecular weight is 1960 g/mol.